The predicted molar refractivity (Wildman–Crippen MR) is 53.5 cm³/mol. The van der Waals surface area contributed by atoms with Crippen LogP contribution in [0.5, 0.6) is 0 Å². The van der Waals surface area contributed by atoms with Crippen LogP contribution in [-0.4, -0.2) is 6.10 Å². The Labute approximate surface area is 84.1 Å². The minimum atomic E-state index is 0.144. The fraction of sp³-hybridized carbons (Fsp3) is 0.417. The number of rotatable bonds is 2. The SMILES string of the molecule is N#CC[C@@H]1CC[C@@H](c2ccccc2)O1. The first kappa shape index (κ1) is 9.23. The molecule has 1 saturated heterocycles. The zero-order valence-corrected chi connectivity index (χ0v) is 8.02. The van der Waals surface area contributed by atoms with E-state index in [0.717, 1.165) is 12.8 Å². The number of hydrogen-bond donors (Lipinski definition) is 0. The standard InChI is InChI=1S/C12H13NO/c13-9-8-11-6-7-12(14-11)10-4-2-1-3-5-10/h1-5,11-12H,6-8H2/t11-,12-/m0/s1. The minimum Gasteiger partial charge on any atom is -0.369 e. The topological polar surface area (TPSA) is 33.0 Å². The van der Waals surface area contributed by atoms with Crippen LogP contribution in [0.4, 0.5) is 0 Å². The second-order valence-electron chi connectivity index (χ2n) is 3.60. The molecule has 0 spiro atoms. The first-order chi connectivity index (χ1) is 6.90. The van der Waals surface area contributed by atoms with E-state index in [2.05, 4.69) is 18.2 Å². The molecule has 1 aromatic carbocycles. The fourth-order valence-electron chi connectivity index (χ4n) is 1.87. The normalized spacial score (nSPS) is 25.9. The number of hydrogen-bond acceptors (Lipinski definition) is 2. The molecular weight excluding hydrogens is 174 g/mol. The van der Waals surface area contributed by atoms with Gasteiger partial charge in [-0.15, -0.1) is 0 Å². The number of ether oxygens (including phenoxy) is 1. The molecule has 2 nitrogen and oxygen atoms in total. The highest BCUT2D eigenvalue weighted by Gasteiger charge is 2.25. The summed E-state index contributed by atoms with van der Waals surface area (Å²) >= 11 is 0. The number of nitriles is 1. The van der Waals surface area contributed by atoms with E-state index in [4.69, 9.17) is 10.00 Å². The van der Waals surface area contributed by atoms with E-state index in [0.29, 0.717) is 6.42 Å². The summed E-state index contributed by atoms with van der Waals surface area (Å²) in [7, 11) is 0. The summed E-state index contributed by atoms with van der Waals surface area (Å²) in [4.78, 5) is 0. The molecule has 0 aliphatic carbocycles. The van der Waals surface area contributed by atoms with Crippen LogP contribution in [0.15, 0.2) is 30.3 Å². The van der Waals surface area contributed by atoms with Gasteiger partial charge in [-0.1, -0.05) is 30.3 Å². The lowest BCUT2D eigenvalue weighted by Crippen LogP contribution is -2.04. The zero-order chi connectivity index (χ0) is 9.80. The summed E-state index contributed by atoms with van der Waals surface area (Å²) in [6, 6.07) is 12.4. The van der Waals surface area contributed by atoms with E-state index in [1.165, 1.54) is 5.56 Å². The van der Waals surface area contributed by atoms with E-state index < -0.39 is 0 Å². The van der Waals surface area contributed by atoms with Crippen molar-refractivity contribution >= 4 is 0 Å². The molecule has 72 valence electrons. The molecule has 1 fully saturated rings. The van der Waals surface area contributed by atoms with Gasteiger partial charge in [0.05, 0.1) is 24.7 Å². The van der Waals surface area contributed by atoms with Gasteiger partial charge in [0.25, 0.3) is 0 Å². The molecule has 0 unspecified atom stereocenters. The lowest BCUT2D eigenvalue weighted by molar-refractivity contribution is 0.0475. The van der Waals surface area contributed by atoms with Gasteiger partial charge in [-0.25, -0.2) is 0 Å². The fourth-order valence-corrected chi connectivity index (χ4v) is 1.87. The molecule has 2 rings (SSSR count). The lowest BCUT2D eigenvalue weighted by Gasteiger charge is -2.11. The number of nitrogens with zero attached hydrogens (tertiary/aromatic N) is 1. The van der Waals surface area contributed by atoms with Gasteiger partial charge in [0.1, 0.15) is 0 Å². The minimum absolute atomic E-state index is 0.144. The maximum absolute atomic E-state index is 8.55. The summed E-state index contributed by atoms with van der Waals surface area (Å²) in [6.45, 7) is 0. The van der Waals surface area contributed by atoms with Crippen molar-refractivity contribution in [3.05, 3.63) is 35.9 Å². The van der Waals surface area contributed by atoms with Crippen LogP contribution in [0.25, 0.3) is 0 Å². The second-order valence-corrected chi connectivity index (χ2v) is 3.60. The van der Waals surface area contributed by atoms with Crippen molar-refractivity contribution in [3.8, 4) is 6.07 Å². The van der Waals surface area contributed by atoms with Crippen molar-refractivity contribution < 1.29 is 4.74 Å². The Morgan fingerprint density at radius 3 is 2.79 bits per heavy atom. The van der Waals surface area contributed by atoms with Crippen LogP contribution in [0.2, 0.25) is 0 Å². The molecule has 0 N–H and O–H groups in total. The third-order valence-corrected chi connectivity index (χ3v) is 2.60. The highest BCUT2D eigenvalue weighted by atomic mass is 16.5. The largest absolute Gasteiger partial charge is 0.369 e. The Morgan fingerprint density at radius 1 is 1.29 bits per heavy atom. The van der Waals surface area contributed by atoms with Crippen LogP contribution < -0.4 is 0 Å². The van der Waals surface area contributed by atoms with E-state index in [-0.39, 0.29) is 12.2 Å². The molecule has 1 aliphatic rings. The van der Waals surface area contributed by atoms with Crippen molar-refractivity contribution in [1.82, 2.24) is 0 Å². The van der Waals surface area contributed by atoms with E-state index in [9.17, 15) is 0 Å². The molecule has 0 radical (unpaired) electrons. The summed E-state index contributed by atoms with van der Waals surface area (Å²) in [5, 5.41) is 8.55. The van der Waals surface area contributed by atoms with Crippen LogP contribution >= 0.6 is 0 Å². The summed E-state index contributed by atoms with van der Waals surface area (Å²) in [6.07, 6.45) is 2.91. The van der Waals surface area contributed by atoms with Gasteiger partial charge in [0.2, 0.25) is 0 Å². The summed E-state index contributed by atoms with van der Waals surface area (Å²) in [5.74, 6) is 0. The van der Waals surface area contributed by atoms with Gasteiger partial charge >= 0.3 is 0 Å². The van der Waals surface area contributed by atoms with E-state index in [1.807, 2.05) is 18.2 Å². The van der Waals surface area contributed by atoms with Gasteiger partial charge < -0.3 is 4.74 Å². The number of benzene rings is 1. The molecule has 1 aromatic rings. The average molecular weight is 187 g/mol. The van der Waals surface area contributed by atoms with Gasteiger partial charge in [-0.3, -0.25) is 0 Å². The first-order valence-corrected chi connectivity index (χ1v) is 4.97. The molecule has 2 heteroatoms. The van der Waals surface area contributed by atoms with Gasteiger partial charge in [-0.2, -0.15) is 5.26 Å². The highest BCUT2D eigenvalue weighted by Crippen LogP contribution is 2.33. The predicted octanol–water partition coefficient (Wildman–Crippen LogP) is 2.82. The van der Waals surface area contributed by atoms with Gasteiger partial charge in [0, 0.05) is 0 Å². The van der Waals surface area contributed by atoms with Crippen molar-refractivity contribution in [2.45, 2.75) is 31.5 Å². The Morgan fingerprint density at radius 2 is 2.07 bits per heavy atom. The van der Waals surface area contributed by atoms with Crippen LogP contribution in [0.3, 0.4) is 0 Å². The van der Waals surface area contributed by atoms with Crippen molar-refractivity contribution in [2.24, 2.45) is 0 Å². The Hall–Kier alpha value is -1.33. The Balaban J connectivity index is 2.00. The molecule has 0 bridgehead atoms. The maximum Gasteiger partial charge on any atom is 0.0830 e. The summed E-state index contributed by atoms with van der Waals surface area (Å²) < 4.78 is 5.77. The molecule has 14 heavy (non-hydrogen) atoms. The van der Waals surface area contributed by atoms with E-state index in [1.54, 1.807) is 0 Å². The monoisotopic (exact) mass is 187 g/mol. The molecule has 2 atom stereocenters. The third-order valence-electron chi connectivity index (χ3n) is 2.60. The smallest absolute Gasteiger partial charge is 0.0830 e. The highest BCUT2D eigenvalue weighted by molar-refractivity contribution is 5.18. The second kappa shape index (κ2) is 4.26. The molecule has 0 aromatic heterocycles. The summed E-state index contributed by atoms with van der Waals surface area (Å²) in [5.41, 5.74) is 1.23. The molecule has 0 amide bonds. The van der Waals surface area contributed by atoms with Crippen LogP contribution in [0.1, 0.15) is 30.9 Å². The van der Waals surface area contributed by atoms with Crippen molar-refractivity contribution in [1.29, 1.82) is 5.26 Å². The van der Waals surface area contributed by atoms with E-state index >= 15 is 0 Å². The maximum atomic E-state index is 8.55. The Kier molecular flexibility index (Phi) is 2.81. The van der Waals surface area contributed by atoms with Gasteiger partial charge in [-0.05, 0) is 18.4 Å². The molecular formula is C12H13NO. The third kappa shape index (κ3) is 1.94. The zero-order valence-electron chi connectivity index (χ0n) is 8.02. The first-order valence-electron chi connectivity index (χ1n) is 4.97. The lowest BCUT2D eigenvalue weighted by atomic mass is 10.1. The van der Waals surface area contributed by atoms with Crippen molar-refractivity contribution in [2.75, 3.05) is 0 Å². The van der Waals surface area contributed by atoms with Gasteiger partial charge in [0.15, 0.2) is 0 Å². The molecule has 0 saturated carbocycles. The van der Waals surface area contributed by atoms with Crippen LogP contribution in [-0.2, 0) is 4.74 Å². The molecule has 1 aliphatic heterocycles. The quantitative estimate of drug-likeness (QED) is 0.713. The Bertz CT molecular complexity index is 328. The molecule has 1 heterocycles. The van der Waals surface area contributed by atoms with Crippen LogP contribution in [0, 0.1) is 11.3 Å². The van der Waals surface area contributed by atoms with Crippen molar-refractivity contribution in [3.63, 3.8) is 0 Å². The average Bonchev–Trinajstić information content (AvgIpc) is 2.68.